The molecule has 0 atom stereocenters. The molecule has 0 amide bonds. The number of hydrogen-bond donors (Lipinski definition) is 1. The van der Waals surface area contributed by atoms with Gasteiger partial charge in [-0.25, -0.2) is 0 Å². The normalized spacial score (nSPS) is 10.5. The van der Waals surface area contributed by atoms with E-state index in [1.807, 2.05) is 32.9 Å². The molecule has 0 aromatic heterocycles. The molecule has 0 heterocycles. The molecule has 4 heteroatoms. The fraction of sp³-hybridized carbons (Fsp3) is 0.235. The second-order valence-electron chi connectivity index (χ2n) is 4.90. The van der Waals surface area contributed by atoms with E-state index in [0.717, 1.165) is 15.6 Å². The van der Waals surface area contributed by atoms with Gasteiger partial charge < -0.3 is 10.5 Å². The van der Waals surface area contributed by atoms with Crippen LogP contribution in [0.5, 0.6) is 5.75 Å². The van der Waals surface area contributed by atoms with Crippen LogP contribution in [0.1, 0.15) is 34.0 Å². The molecule has 3 nitrogen and oxygen atoms in total. The number of hydrogen-bond acceptors (Lipinski definition) is 3. The van der Waals surface area contributed by atoms with E-state index < -0.39 is 0 Å². The maximum absolute atomic E-state index is 12.8. The summed E-state index contributed by atoms with van der Waals surface area (Å²) in [6.45, 7) is 6.22. The van der Waals surface area contributed by atoms with Crippen LogP contribution in [0.2, 0.25) is 0 Å². The first kappa shape index (κ1) is 15.6. The number of para-hydroxylation sites is 1. The van der Waals surface area contributed by atoms with E-state index in [2.05, 4.69) is 15.9 Å². The van der Waals surface area contributed by atoms with Gasteiger partial charge in [-0.05, 0) is 56.2 Å². The molecule has 0 saturated heterocycles. The van der Waals surface area contributed by atoms with Gasteiger partial charge in [-0.2, -0.15) is 0 Å². The van der Waals surface area contributed by atoms with Crippen LogP contribution < -0.4 is 10.5 Å². The van der Waals surface area contributed by atoms with Crippen LogP contribution >= 0.6 is 15.9 Å². The lowest BCUT2D eigenvalue weighted by atomic mass is 9.96. The van der Waals surface area contributed by atoms with Crippen molar-refractivity contribution in [3.05, 3.63) is 57.1 Å². The van der Waals surface area contributed by atoms with E-state index in [1.165, 1.54) is 0 Å². The van der Waals surface area contributed by atoms with E-state index in [0.29, 0.717) is 29.2 Å². The van der Waals surface area contributed by atoms with E-state index in [4.69, 9.17) is 10.5 Å². The van der Waals surface area contributed by atoms with Gasteiger partial charge in [0, 0.05) is 10.0 Å². The predicted molar refractivity (Wildman–Crippen MR) is 89.1 cm³/mol. The van der Waals surface area contributed by atoms with Crippen molar-refractivity contribution in [2.24, 2.45) is 0 Å². The van der Waals surface area contributed by atoms with Gasteiger partial charge in [0.2, 0.25) is 0 Å². The van der Waals surface area contributed by atoms with Gasteiger partial charge in [0.1, 0.15) is 0 Å². The first-order valence-corrected chi connectivity index (χ1v) is 7.57. The summed E-state index contributed by atoms with van der Waals surface area (Å²) in [7, 11) is 0. The molecular formula is C17H18BrNO2. The lowest BCUT2D eigenvalue weighted by Crippen LogP contribution is -2.09. The number of ketones is 1. The number of anilines is 1. The lowest BCUT2D eigenvalue weighted by molar-refractivity contribution is 0.103. The predicted octanol–water partition coefficient (Wildman–Crippen LogP) is 4.28. The van der Waals surface area contributed by atoms with Crippen LogP contribution in [0.3, 0.4) is 0 Å². The van der Waals surface area contributed by atoms with E-state index in [-0.39, 0.29) is 5.78 Å². The maximum atomic E-state index is 12.8. The van der Waals surface area contributed by atoms with Gasteiger partial charge in [-0.3, -0.25) is 4.79 Å². The third kappa shape index (κ3) is 3.10. The Kier molecular flexibility index (Phi) is 4.68. The Hall–Kier alpha value is -1.81. The Morgan fingerprint density at radius 1 is 1.19 bits per heavy atom. The zero-order chi connectivity index (χ0) is 15.6. The number of benzene rings is 2. The molecule has 0 saturated carbocycles. The number of nitrogens with two attached hydrogens (primary N) is 1. The van der Waals surface area contributed by atoms with Gasteiger partial charge in [0.05, 0.1) is 17.9 Å². The zero-order valence-corrected chi connectivity index (χ0v) is 14.0. The first-order valence-electron chi connectivity index (χ1n) is 6.78. The highest BCUT2D eigenvalue weighted by Gasteiger charge is 2.19. The van der Waals surface area contributed by atoms with Crippen molar-refractivity contribution in [3.63, 3.8) is 0 Å². The standard InChI is InChI=1S/C17H18BrNO2/c1-4-21-17-12(6-5-7-15(17)19)16(20)13-8-11(3)14(18)9-10(13)2/h5-9H,4,19H2,1-3H3. The molecule has 0 aliphatic rings. The summed E-state index contributed by atoms with van der Waals surface area (Å²) >= 11 is 3.48. The van der Waals surface area contributed by atoms with Crippen molar-refractivity contribution in [3.8, 4) is 5.75 Å². The minimum absolute atomic E-state index is 0.0705. The minimum Gasteiger partial charge on any atom is -0.491 e. The van der Waals surface area contributed by atoms with Crippen LogP contribution in [-0.2, 0) is 0 Å². The molecule has 2 aromatic rings. The number of carbonyl (C=O) groups is 1. The van der Waals surface area contributed by atoms with Crippen LogP contribution in [0.25, 0.3) is 0 Å². The van der Waals surface area contributed by atoms with Crippen molar-refractivity contribution >= 4 is 27.4 Å². The molecule has 110 valence electrons. The largest absolute Gasteiger partial charge is 0.491 e. The molecule has 0 bridgehead atoms. The number of rotatable bonds is 4. The molecule has 0 aliphatic carbocycles. The molecule has 2 N–H and O–H groups in total. The Labute approximate surface area is 133 Å². The van der Waals surface area contributed by atoms with Crippen LogP contribution in [0, 0.1) is 13.8 Å². The van der Waals surface area contributed by atoms with Gasteiger partial charge in [0.15, 0.2) is 11.5 Å². The van der Waals surface area contributed by atoms with Crippen LogP contribution in [-0.4, -0.2) is 12.4 Å². The van der Waals surface area contributed by atoms with Crippen LogP contribution in [0.15, 0.2) is 34.8 Å². The molecule has 0 aliphatic heterocycles. The van der Waals surface area contributed by atoms with E-state index in [9.17, 15) is 4.79 Å². The summed E-state index contributed by atoms with van der Waals surface area (Å²) in [6, 6.07) is 9.10. The first-order chi connectivity index (χ1) is 9.95. The molecule has 0 unspecified atom stereocenters. The van der Waals surface area contributed by atoms with Crippen molar-refractivity contribution in [1.82, 2.24) is 0 Å². The second-order valence-corrected chi connectivity index (χ2v) is 5.76. The van der Waals surface area contributed by atoms with Gasteiger partial charge in [-0.15, -0.1) is 0 Å². The van der Waals surface area contributed by atoms with Crippen molar-refractivity contribution in [1.29, 1.82) is 0 Å². The van der Waals surface area contributed by atoms with Gasteiger partial charge >= 0.3 is 0 Å². The summed E-state index contributed by atoms with van der Waals surface area (Å²) in [5.74, 6) is 0.392. The Balaban J connectivity index is 2.55. The zero-order valence-electron chi connectivity index (χ0n) is 12.4. The monoisotopic (exact) mass is 347 g/mol. The number of nitrogen functional groups attached to an aromatic ring is 1. The summed E-state index contributed by atoms with van der Waals surface area (Å²) in [6.07, 6.45) is 0. The Morgan fingerprint density at radius 3 is 2.57 bits per heavy atom. The Bertz CT molecular complexity index is 695. The van der Waals surface area contributed by atoms with E-state index in [1.54, 1.807) is 18.2 Å². The number of ether oxygens (including phenoxy) is 1. The van der Waals surface area contributed by atoms with Crippen molar-refractivity contribution in [2.75, 3.05) is 12.3 Å². The number of aryl methyl sites for hydroxylation is 2. The summed E-state index contributed by atoms with van der Waals surface area (Å²) in [4.78, 5) is 12.8. The average molecular weight is 348 g/mol. The van der Waals surface area contributed by atoms with Crippen molar-refractivity contribution < 1.29 is 9.53 Å². The molecule has 0 fully saturated rings. The molecule has 2 rings (SSSR count). The summed E-state index contributed by atoms with van der Waals surface area (Å²) in [5.41, 5.74) is 9.52. The highest BCUT2D eigenvalue weighted by atomic mass is 79.9. The second kappa shape index (κ2) is 6.31. The number of carbonyl (C=O) groups excluding carboxylic acids is 1. The third-order valence-electron chi connectivity index (χ3n) is 3.33. The van der Waals surface area contributed by atoms with Crippen molar-refractivity contribution in [2.45, 2.75) is 20.8 Å². The van der Waals surface area contributed by atoms with Crippen LogP contribution in [0.4, 0.5) is 5.69 Å². The fourth-order valence-electron chi connectivity index (χ4n) is 2.21. The number of halogens is 1. The molecule has 0 spiro atoms. The molecule has 2 aromatic carbocycles. The topological polar surface area (TPSA) is 52.3 Å². The smallest absolute Gasteiger partial charge is 0.197 e. The van der Waals surface area contributed by atoms with E-state index >= 15 is 0 Å². The minimum atomic E-state index is -0.0705. The maximum Gasteiger partial charge on any atom is 0.197 e. The highest BCUT2D eigenvalue weighted by molar-refractivity contribution is 9.10. The SMILES string of the molecule is CCOc1c(N)cccc1C(=O)c1cc(C)c(Br)cc1C. The average Bonchev–Trinajstić information content (AvgIpc) is 2.44. The Morgan fingerprint density at radius 2 is 1.90 bits per heavy atom. The summed E-state index contributed by atoms with van der Waals surface area (Å²) in [5, 5.41) is 0. The fourth-order valence-corrected chi connectivity index (χ4v) is 2.67. The highest BCUT2D eigenvalue weighted by Crippen LogP contribution is 2.30. The van der Waals surface area contributed by atoms with Gasteiger partial charge in [-0.1, -0.05) is 22.0 Å². The lowest BCUT2D eigenvalue weighted by Gasteiger charge is -2.13. The quantitative estimate of drug-likeness (QED) is 0.663. The molecule has 0 radical (unpaired) electrons. The van der Waals surface area contributed by atoms with Gasteiger partial charge in [0.25, 0.3) is 0 Å². The molecular weight excluding hydrogens is 330 g/mol. The third-order valence-corrected chi connectivity index (χ3v) is 4.18. The summed E-state index contributed by atoms with van der Waals surface area (Å²) < 4.78 is 6.54. The molecule has 21 heavy (non-hydrogen) atoms.